The number of rotatable bonds is 6. The van der Waals surface area contributed by atoms with E-state index in [1.165, 1.54) is 12.1 Å². The first-order valence-electron chi connectivity index (χ1n) is 8.18. The van der Waals surface area contributed by atoms with Crippen LogP contribution in [0.15, 0.2) is 24.3 Å². The molecule has 1 unspecified atom stereocenters. The standard InChI is InChI=1S/C17H21N3O5/c1-2-3-10-25-17(24)18-12-6-4-11(5-7-12)15(22)19-13-8-9-14(21)20-16(13)23/h4-7,13H,2-3,8-10H2,1H3,(H,18,24)(H,19,22)(H,20,21,23). The Bertz CT molecular complexity index is 657. The van der Waals surface area contributed by atoms with Gasteiger partial charge in [0.1, 0.15) is 6.04 Å². The van der Waals surface area contributed by atoms with E-state index in [-0.39, 0.29) is 18.7 Å². The molecular formula is C17H21N3O5. The summed E-state index contributed by atoms with van der Waals surface area (Å²) in [4.78, 5) is 46.4. The van der Waals surface area contributed by atoms with Gasteiger partial charge in [-0.3, -0.25) is 25.0 Å². The zero-order chi connectivity index (χ0) is 18.2. The Morgan fingerprint density at radius 1 is 1.24 bits per heavy atom. The lowest BCUT2D eigenvalue weighted by molar-refractivity contribution is -0.134. The third-order valence-corrected chi connectivity index (χ3v) is 3.67. The second-order valence-electron chi connectivity index (χ2n) is 5.67. The van der Waals surface area contributed by atoms with E-state index in [0.29, 0.717) is 17.9 Å². The molecule has 0 aromatic heterocycles. The predicted octanol–water partition coefficient (Wildman–Crippen LogP) is 1.57. The lowest BCUT2D eigenvalue weighted by atomic mass is 10.1. The number of hydrogen-bond acceptors (Lipinski definition) is 5. The van der Waals surface area contributed by atoms with Crippen molar-refractivity contribution in [1.82, 2.24) is 10.6 Å². The van der Waals surface area contributed by atoms with Crippen LogP contribution in [0.25, 0.3) is 0 Å². The number of piperidine rings is 1. The van der Waals surface area contributed by atoms with Gasteiger partial charge in [0.25, 0.3) is 5.91 Å². The number of unbranched alkanes of at least 4 members (excludes halogenated alkanes) is 1. The van der Waals surface area contributed by atoms with Crippen LogP contribution in [0.4, 0.5) is 10.5 Å². The first kappa shape index (κ1) is 18.4. The summed E-state index contributed by atoms with van der Waals surface area (Å²) in [6, 6.07) is 5.48. The fraction of sp³-hybridized carbons (Fsp3) is 0.412. The Kier molecular flexibility index (Phi) is 6.50. The molecule has 8 heteroatoms. The van der Waals surface area contributed by atoms with E-state index in [2.05, 4.69) is 16.0 Å². The molecule has 3 N–H and O–H groups in total. The molecule has 8 nitrogen and oxygen atoms in total. The first-order chi connectivity index (χ1) is 12.0. The Morgan fingerprint density at radius 3 is 2.60 bits per heavy atom. The molecular weight excluding hydrogens is 326 g/mol. The van der Waals surface area contributed by atoms with Gasteiger partial charge in [0.05, 0.1) is 6.61 Å². The van der Waals surface area contributed by atoms with Crippen molar-refractivity contribution in [1.29, 1.82) is 0 Å². The Labute approximate surface area is 145 Å². The monoisotopic (exact) mass is 347 g/mol. The normalized spacial score (nSPS) is 16.8. The number of carbonyl (C=O) groups is 4. The van der Waals surface area contributed by atoms with Gasteiger partial charge in [-0.15, -0.1) is 0 Å². The van der Waals surface area contributed by atoms with Gasteiger partial charge < -0.3 is 10.1 Å². The minimum atomic E-state index is -0.725. The van der Waals surface area contributed by atoms with Crippen LogP contribution in [0.3, 0.4) is 0 Å². The molecule has 1 saturated heterocycles. The van der Waals surface area contributed by atoms with E-state index < -0.39 is 23.9 Å². The van der Waals surface area contributed by atoms with Crippen LogP contribution in [-0.4, -0.2) is 36.5 Å². The molecule has 1 aliphatic heterocycles. The van der Waals surface area contributed by atoms with E-state index in [1.807, 2.05) is 6.92 Å². The number of hydrogen-bond donors (Lipinski definition) is 3. The van der Waals surface area contributed by atoms with Crippen LogP contribution < -0.4 is 16.0 Å². The topological polar surface area (TPSA) is 114 Å². The van der Waals surface area contributed by atoms with Crippen LogP contribution in [0.2, 0.25) is 0 Å². The zero-order valence-corrected chi connectivity index (χ0v) is 14.0. The molecule has 0 saturated carbocycles. The molecule has 1 atom stereocenters. The number of nitrogens with one attached hydrogen (secondary N) is 3. The summed E-state index contributed by atoms with van der Waals surface area (Å²) in [5.41, 5.74) is 0.841. The number of imide groups is 1. The number of anilines is 1. The maximum absolute atomic E-state index is 12.2. The average molecular weight is 347 g/mol. The molecule has 1 heterocycles. The highest BCUT2D eigenvalue weighted by atomic mass is 16.5. The predicted molar refractivity (Wildman–Crippen MR) is 90.0 cm³/mol. The second kappa shape index (κ2) is 8.81. The van der Waals surface area contributed by atoms with Crippen molar-refractivity contribution in [3.05, 3.63) is 29.8 Å². The van der Waals surface area contributed by atoms with Gasteiger partial charge >= 0.3 is 6.09 Å². The van der Waals surface area contributed by atoms with Gasteiger partial charge in [0.15, 0.2) is 0 Å². The van der Waals surface area contributed by atoms with E-state index in [1.54, 1.807) is 12.1 Å². The largest absolute Gasteiger partial charge is 0.449 e. The number of ether oxygens (including phenoxy) is 1. The molecule has 4 amide bonds. The Balaban J connectivity index is 1.86. The average Bonchev–Trinajstić information content (AvgIpc) is 2.58. The molecule has 0 aliphatic carbocycles. The van der Waals surface area contributed by atoms with Gasteiger partial charge in [-0.05, 0) is 37.1 Å². The summed E-state index contributed by atoms with van der Waals surface area (Å²) in [5.74, 6) is -1.26. The summed E-state index contributed by atoms with van der Waals surface area (Å²) in [7, 11) is 0. The lowest BCUT2D eigenvalue weighted by Gasteiger charge is -2.21. The highest BCUT2D eigenvalue weighted by Gasteiger charge is 2.27. The second-order valence-corrected chi connectivity index (χ2v) is 5.67. The number of carbonyl (C=O) groups excluding carboxylic acids is 4. The third kappa shape index (κ3) is 5.59. The third-order valence-electron chi connectivity index (χ3n) is 3.67. The van der Waals surface area contributed by atoms with Crippen molar-refractivity contribution in [2.45, 2.75) is 38.6 Å². The van der Waals surface area contributed by atoms with Crippen LogP contribution in [-0.2, 0) is 14.3 Å². The van der Waals surface area contributed by atoms with Crippen molar-refractivity contribution in [2.24, 2.45) is 0 Å². The minimum absolute atomic E-state index is 0.194. The van der Waals surface area contributed by atoms with Gasteiger partial charge in [-0.25, -0.2) is 4.79 Å². The number of benzene rings is 1. The van der Waals surface area contributed by atoms with Crippen LogP contribution >= 0.6 is 0 Å². The molecule has 1 aromatic rings. The molecule has 0 bridgehead atoms. The van der Waals surface area contributed by atoms with E-state index >= 15 is 0 Å². The van der Waals surface area contributed by atoms with Crippen molar-refractivity contribution in [2.75, 3.05) is 11.9 Å². The maximum atomic E-state index is 12.2. The molecule has 0 radical (unpaired) electrons. The molecule has 1 fully saturated rings. The van der Waals surface area contributed by atoms with Crippen molar-refractivity contribution < 1.29 is 23.9 Å². The first-order valence-corrected chi connectivity index (χ1v) is 8.18. The molecule has 1 aromatic carbocycles. The highest BCUT2D eigenvalue weighted by Crippen LogP contribution is 2.11. The van der Waals surface area contributed by atoms with E-state index in [9.17, 15) is 19.2 Å². The number of amides is 4. The Hall–Kier alpha value is -2.90. The summed E-state index contributed by atoms with van der Waals surface area (Å²) in [5, 5.41) is 7.33. The molecule has 2 rings (SSSR count). The summed E-state index contributed by atoms with van der Waals surface area (Å²) in [6.45, 7) is 2.36. The van der Waals surface area contributed by atoms with Crippen LogP contribution in [0, 0.1) is 0 Å². The molecule has 25 heavy (non-hydrogen) atoms. The van der Waals surface area contributed by atoms with Crippen molar-refractivity contribution in [3.63, 3.8) is 0 Å². The smallest absolute Gasteiger partial charge is 0.411 e. The quantitative estimate of drug-likeness (QED) is 0.534. The van der Waals surface area contributed by atoms with Crippen molar-refractivity contribution in [3.8, 4) is 0 Å². The van der Waals surface area contributed by atoms with E-state index in [0.717, 1.165) is 12.8 Å². The zero-order valence-electron chi connectivity index (χ0n) is 14.0. The van der Waals surface area contributed by atoms with Crippen LogP contribution in [0.5, 0.6) is 0 Å². The lowest BCUT2D eigenvalue weighted by Crippen LogP contribution is -2.52. The minimum Gasteiger partial charge on any atom is -0.449 e. The fourth-order valence-corrected chi connectivity index (χ4v) is 2.24. The van der Waals surface area contributed by atoms with Gasteiger partial charge in [-0.2, -0.15) is 0 Å². The maximum Gasteiger partial charge on any atom is 0.411 e. The summed E-state index contributed by atoms with van der Waals surface area (Å²) >= 11 is 0. The van der Waals surface area contributed by atoms with Crippen molar-refractivity contribution >= 4 is 29.5 Å². The van der Waals surface area contributed by atoms with Gasteiger partial charge in [0.2, 0.25) is 11.8 Å². The Morgan fingerprint density at radius 2 is 1.96 bits per heavy atom. The fourth-order valence-electron chi connectivity index (χ4n) is 2.24. The highest BCUT2D eigenvalue weighted by molar-refractivity contribution is 6.03. The van der Waals surface area contributed by atoms with E-state index in [4.69, 9.17) is 4.74 Å². The van der Waals surface area contributed by atoms with Crippen LogP contribution in [0.1, 0.15) is 43.0 Å². The molecule has 1 aliphatic rings. The molecule has 0 spiro atoms. The van der Waals surface area contributed by atoms with Gasteiger partial charge in [0, 0.05) is 17.7 Å². The SMILES string of the molecule is CCCCOC(=O)Nc1ccc(C(=O)NC2CCC(=O)NC2=O)cc1. The summed E-state index contributed by atoms with van der Waals surface area (Å²) in [6.07, 6.45) is 1.66. The van der Waals surface area contributed by atoms with Gasteiger partial charge in [-0.1, -0.05) is 13.3 Å². The summed E-state index contributed by atoms with van der Waals surface area (Å²) < 4.78 is 4.98. The molecule has 134 valence electrons.